The summed E-state index contributed by atoms with van der Waals surface area (Å²) in [6.45, 7) is 2.60. The van der Waals surface area contributed by atoms with Gasteiger partial charge in [-0.15, -0.1) is 11.3 Å². The number of carbonyl (C=O) groups excluding carboxylic acids is 1. The van der Waals surface area contributed by atoms with Crippen LogP contribution in [0.15, 0.2) is 23.6 Å². The largest absolute Gasteiger partial charge is 0.352 e. The van der Waals surface area contributed by atoms with Gasteiger partial charge in [0.05, 0.1) is 6.04 Å². The van der Waals surface area contributed by atoms with Gasteiger partial charge in [-0.25, -0.2) is 0 Å². The maximum atomic E-state index is 12.2. The Morgan fingerprint density at radius 1 is 1.41 bits per heavy atom. The van der Waals surface area contributed by atoms with Gasteiger partial charge in [0.15, 0.2) is 0 Å². The fourth-order valence-corrected chi connectivity index (χ4v) is 4.06. The second-order valence-electron chi connectivity index (χ2n) is 5.99. The molecule has 1 aromatic heterocycles. The standard InChI is InChI=1S/C17H21ClN2OS/c1-11(17(21)20-14-4-2-3-5-14)19-9-12-10-22-16-7-6-13(18)8-15(12)16/h6-8,10-11,14,19H,2-5,9H2,1H3,(H,20,21)/t11-/m0/s1. The van der Waals surface area contributed by atoms with E-state index in [0.29, 0.717) is 12.6 Å². The number of nitrogens with one attached hydrogen (secondary N) is 2. The summed E-state index contributed by atoms with van der Waals surface area (Å²) in [6, 6.07) is 6.14. The Morgan fingerprint density at radius 2 is 2.18 bits per heavy atom. The summed E-state index contributed by atoms with van der Waals surface area (Å²) in [5.74, 6) is 0.101. The molecule has 3 rings (SSSR count). The molecule has 1 amide bonds. The SMILES string of the molecule is C[C@H](NCc1csc2ccc(Cl)cc12)C(=O)NC1CCCC1. The molecule has 1 aromatic carbocycles. The molecule has 22 heavy (non-hydrogen) atoms. The number of rotatable bonds is 5. The maximum Gasteiger partial charge on any atom is 0.237 e. The molecule has 5 heteroatoms. The quantitative estimate of drug-likeness (QED) is 0.863. The fourth-order valence-electron chi connectivity index (χ4n) is 2.94. The van der Waals surface area contributed by atoms with Crippen molar-refractivity contribution >= 4 is 38.9 Å². The minimum absolute atomic E-state index is 0.101. The highest BCUT2D eigenvalue weighted by atomic mass is 35.5. The molecule has 2 N–H and O–H groups in total. The fraction of sp³-hybridized carbons (Fsp3) is 0.471. The van der Waals surface area contributed by atoms with Gasteiger partial charge in [0.1, 0.15) is 0 Å². The molecule has 1 fully saturated rings. The molecule has 0 unspecified atom stereocenters. The van der Waals surface area contributed by atoms with Gasteiger partial charge in [-0.1, -0.05) is 24.4 Å². The third kappa shape index (κ3) is 3.62. The van der Waals surface area contributed by atoms with Crippen molar-refractivity contribution in [2.24, 2.45) is 0 Å². The Labute approximate surface area is 140 Å². The van der Waals surface area contributed by atoms with E-state index in [1.165, 1.54) is 28.5 Å². The number of amides is 1. The molecule has 0 saturated heterocycles. The number of carbonyl (C=O) groups is 1. The van der Waals surface area contributed by atoms with Gasteiger partial charge in [0.25, 0.3) is 0 Å². The van der Waals surface area contributed by atoms with Crippen LogP contribution in [0.5, 0.6) is 0 Å². The highest BCUT2D eigenvalue weighted by molar-refractivity contribution is 7.17. The molecule has 3 nitrogen and oxygen atoms in total. The predicted molar refractivity (Wildman–Crippen MR) is 93.5 cm³/mol. The van der Waals surface area contributed by atoms with Crippen molar-refractivity contribution in [3.05, 3.63) is 34.2 Å². The minimum atomic E-state index is -0.185. The molecule has 1 saturated carbocycles. The van der Waals surface area contributed by atoms with Gasteiger partial charge in [-0.3, -0.25) is 4.79 Å². The molecule has 0 bridgehead atoms. The lowest BCUT2D eigenvalue weighted by molar-refractivity contribution is -0.123. The van der Waals surface area contributed by atoms with Crippen molar-refractivity contribution in [3.63, 3.8) is 0 Å². The first-order chi connectivity index (χ1) is 10.6. The summed E-state index contributed by atoms with van der Waals surface area (Å²) in [5, 5.41) is 10.5. The number of thiophene rings is 1. The zero-order chi connectivity index (χ0) is 15.5. The maximum absolute atomic E-state index is 12.2. The number of hydrogen-bond acceptors (Lipinski definition) is 3. The lowest BCUT2D eigenvalue weighted by Crippen LogP contribution is -2.45. The van der Waals surface area contributed by atoms with E-state index in [1.54, 1.807) is 11.3 Å². The van der Waals surface area contributed by atoms with Gasteiger partial charge < -0.3 is 10.6 Å². The van der Waals surface area contributed by atoms with Crippen LogP contribution in [0.25, 0.3) is 10.1 Å². The number of benzene rings is 1. The Balaban J connectivity index is 1.58. The van der Waals surface area contributed by atoms with E-state index in [9.17, 15) is 4.79 Å². The van der Waals surface area contributed by atoms with Gasteiger partial charge in [-0.05, 0) is 54.3 Å². The number of fused-ring (bicyclic) bond motifs is 1. The van der Waals surface area contributed by atoms with E-state index in [0.717, 1.165) is 17.9 Å². The monoisotopic (exact) mass is 336 g/mol. The Kier molecular flexibility index (Phi) is 5.01. The average molecular weight is 337 g/mol. The van der Waals surface area contributed by atoms with Gasteiger partial charge >= 0.3 is 0 Å². The van der Waals surface area contributed by atoms with Crippen molar-refractivity contribution in [2.45, 2.75) is 51.2 Å². The first-order valence-corrected chi connectivity index (χ1v) is 9.08. The van der Waals surface area contributed by atoms with E-state index in [1.807, 2.05) is 25.1 Å². The lowest BCUT2D eigenvalue weighted by atomic mass is 10.1. The van der Waals surface area contributed by atoms with Crippen molar-refractivity contribution in [1.29, 1.82) is 0 Å². The van der Waals surface area contributed by atoms with E-state index in [4.69, 9.17) is 11.6 Å². The molecule has 0 spiro atoms. The summed E-state index contributed by atoms with van der Waals surface area (Å²) in [7, 11) is 0. The van der Waals surface area contributed by atoms with Crippen molar-refractivity contribution < 1.29 is 4.79 Å². The summed E-state index contributed by atoms with van der Waals surface area (Å²) >= 11 is 7.79. The Bertz CT molecular complexity index is 664. The van der Waals surface area contributed by atoms with Gasteiger partial charge in [0.2, 0.25) is 5.91 Å². The Morgan fingerprint density at radius 3 is 2.95 bits per heavy atom. The summed E-state index contributed by atoms with van der Waals surface area (Å²) in [6.07, 6.45) is 4.70. The van der Waals surface area contributed by atoms with Crippen molar-refractivity contribution in [3.8, 4) is 0 Å². The highest BCUT2D eigenvalue weighted by Gasteiger charge is 2.20. The third-order valence-electron chi connectivity index (χ3n) is 4.31. The molecule has 1 atom stereocenters. The van der Waals surface area contributed by atoms with E-state index in [-0.39, 0.29) is 11.9 Å². The number of halogens is 1. The zero-order valence-corrected chi connectivity index (χ0v) is 14.3. The third-order valence-corrected chi connectivity index (χ3v) is 5.56. The highest BCUT2D eigenvalue weighted by Crippen LogP contribution is 2.28. The summed E-state index contributed by atoms with van der Waals surface area (Å²) in [4.78, 5) is 12.2. The van der Waals surface area contributed by atoms with Crippen molar-refractivity contribution in [1.82, 2.24) is 10.6 Å². The predicted octanol–water partition coefficient (Wildman–Crippen LogP) is 4.09. The first-order valence-electron chi connectivity index (χ1n) is 7.83. The normalized spacial score (nSPS) is 17.0. The summed E-state index contributed by atoms with van der Waals surface area (Å²) < 4.78 is 1.23. The smallest absolute Gasteiger partial charge is 0.237 e. The van der Waals surface area contributed by atoms with Gasteiger partial charge in [-0.2, -0.15) is 0 Å². The molecule has 0 radical (unpaired) electrons. The lowest BCUT2D eigenvalue weighted by Gasteiger charge is -2.17. The van der Waals surface area contributed by atoms with Crippen LogP contribution in [0, 0.1) is 0 Å². The molecule has 0 aliphatic heterocycles. The average Bonchev–Trinajstić information content (AvgIpc) is 3.14. The zero-order valence-electron chi connectivity index (χ0n) is 12.7. The molecule has 1 heterocycles. The van der Waals surface area contributed by atoms with Crippen LogP contribution in [0.4, 0.5) is 0 Å². The molecule has 118 valence electrons. The molecule has 1 aliphatic carbocycles. The summed E-state index contributed by atoms with van der Waals surface area (Å²) in [5.41, 5.74) is 1.20. The molecule has 1 aliphatic rings. The van der Waals surface area contributed by atoms with E-state index < -0.39 is 0 Å². The van der Waals surface area contributed by atoms with Crippen LogP contribution in [0.1, 0.15) is 38.2 Å². The van der Waals surface area contributed by atoms with Crippen LogP contribution in [0.3, 0.4) is 0 Å². The number of hydrogen-bond donors (Lipinski definition) is 2. The van der Waals surface area contributed by atoms with Crippen molar-refractivity contribution in [2.75, 3.05) is 0 Å². The Hall–Kier alpha value is -1.10. The second-order valence-corrected chi connectivity index (χ2v) is 7.34. The van der Waals surface area contributed by atoms with E-state index in [2.05, 4.69) is 16.0 Å². The van der Waals surface area contributed by atoms with Crippen LogP contribution < -0.4 is 10.6 Å². The van der Waals surface area contributed by atoms with Crippen LogP contribution >= 0.6 is 22.9 Å². The first kappa shape index (κ1) is 15.8. The minimum Gasteiger partial charge on any atom is -0.352 e. The van der Waals surface area contributed by atoms with Crippen LogP contribution in [-0.4, -0.2) is 18.0 Å². The molecular formula is C17H21ClN2OS. The topological polar surface area (TPSA) is 41.1 Å². The van der Waals surface area contributed by atoms with E-state index >= 15 is 0 Å². The molecule has 2 aromatic rings. The molecular weight excluding hydrogens is 316 g/mol. The van der Waals surface area contributed by atoms with Crippen LogP contribution in [-0.2, 0) is 11.3 Å². The van der Waals surface area contributed by atoms with Gasteiger partial charge in [0, 0.05) is 22.3 Å². The second kappa shape index (κ2) is 6.99. The van der Waals surface area contributed by atoms with Crippen LogP contribution in [0.2, 0.25) is 5.02 Å².